The lowest BCUT2D eigenvalue weighted by Crippen LogP contribution is -2.14. The molecule has 0 atom stereocenters. The molecule has 0 amide bonds. The van der Waals surface area contributed by atoms with Crippen LogP contribution in [0.25, 0.3) is 6.08 Å². The monoisotopic (exact) mass is 432 g/mol. The first-order valence-corrected chi connectivity index (χ1v) is 10.3. The number of carbonyl (C=O) groups excluding carboxylic acids is 2. The molecule has 31 heavy (non-hydrogen) atoms. The Morgan fingerprint density at radius 2 is 1.68 bits per heavy atom. The van der Waals surface area contributed by atoms with Crippen molar-refractivity contribution in [2.24, 2.45) is 0 Å². The molecule has 0 N–H and O–H groups in total. The van der Waals surface area contributed by atoms with Gasteiger partial charge in [0, 0.05) is 21.7 Å². The second kappa shape index (κ2) is 9.19. The minimum atomic E-state index is -0.119. The Balaban J connectivity index is 1.41. The molecule has 4 nitrogen and oxygen atoms in total. The van der Waals surface area contributed by atoms with Gasteiger partial charge in [-0.25, -0.2) is 0 Å². The Labute approximate surface area is 186 Å². The first-order chi connectivity index (χ1) is 15.0. The van der Waals surface area contributed by atoms with E-state index in [9.17, 15) is 9.59 Å². The van der Waals surface area contributed by atoms with Crippen LogP contribution in [-0.2, 0) is 6.42 Å². The molecule has 4 rings (SSSR count). The molecule has 0 fully saturated rings. The minimum Gasteiger partial charge on any atom is -0.497 e. The van der Waals surface area contributed by atoms with Gasteiger partial charge in [0.05, 0.1) is 7.11 Å². The third kappa shape index (κ3) is 4.86. The van der Waals surface area contributed by atoms with Crippen molar-refractivity contribution in [3.63, 3.8) is 0 Å². The van der Waals surface area contributed by atoms with Crippen molar-refractivity contribution < 1.29 is 19.1 Å². The number of hydrogen-bond donors (Lipinski definition) is 0. The van der Waals surface area contributed by atoms with Crippen molar-refractivity contribution in [1.29, 1.82) is 0 Å². The highest BCUT2D eigenvalue weighted by Crippen LogP contribution is 2.29. The molecule has 0 aromatic heterocycles. The fraction of sp³-hybridized carbons (Fsp3) is 0.154. The van der Waals surface area contributed by atoms with E-state index in [0.29, 0.717) is 22.8 Å². The molecule has 3 aromatic rings. The first kappa shape index (κ1) is 20.9. The molecule has 5 heteroatoms. The van der Waals surface area contributed by atoms with Gasteiger partial charge in [-0.3, -0.25) is 9.59 Å². The van der Waals surface area contributed by atoms with E-state index in [1.165, 1.54) is 0 Å². The third-order valence-electron chi connectivity index (χ3n) is 5.27. The average molecular weight is 433 g/mol. The Hall–Kier alpha value is -3.37. The number of Topliss-reactive ketones (excluding diaryl/α,β-unsaturated/α-hetero) is 2. The summed E-state index contributed by atoms with van der Waals surface area (Å²) in [7, 11) is 1.62. The van der Waals surface area contributed by atoms with Crippen molar-refractivity contribution in [2.75, 3.05) is 13.7 Å². The van der Waals surface area contributed by atoms with Gasteiger partial charge in [-0.15, -0.1) is 0 Å². The van der Waals surface area contributed by atoms with Gasteiger partial charge in [0.2, 0.25) is 0 Å². The summed E-state index contributed by atoms with van der Waals surface area (Å²) in [6.45, 7) is -0.0548. The standard InChI is InChI=1S/C26H21ClO4/c1-30-23-12-13-24-19(15-23)4-5-20(26(24)29)14-17-2-10-22(11-3-17)31-16-25(28)18-6-8-21(27)9-7-18/h2-3,6-15H,4-5,16H2,1H3/b20-14+. The molecule has 3 aromatic carbocycles. The molecule has 0 bridgehead atoms. The molecule has 0 heterocycles. The van der Waals surface area contributed by atoms with Crippen molar-refractivity contribution in [1.82, 2.24) is 0 Å². The molecular weight excluding hydrogens is 412 g/mol. The summed E-state index contributed by atoms with van der Waals surface area (Å²) in [6.07, 6.45) is 3.41. The van der Waals surface area contributed by atoms with Crippen LogP contribution in [0.15, 0.2) is 72.3 Å². The highest BCUT2D eigenvalue weighted by Gasteiger charge is 2.22. The summed E-state index contributed by atoms with van der Waals surface area (Å²) < 4.78 is 10.9. The summed E-state index contributed by atoms with van der Waals surface area (Å²) in [5.74, 6) is 1.30. The lowest BCUT2D eigenvalue weighted by atomic mass is 9.86. The van der Waals surface area contributed by atoms with Crippen LogP contribution in [0.3, 0.4) is 0 Å². The fourth-order valence-electron chi connectivity index (χ4n) is 3.55. The number of ether oxygens (including phenoxy) is 2. The van der Waals surface area contributed by atoms with Crippen molar-refractivity contribution >= 4 is 29.2 Å². The van der Waals surface area contributed by atoms with Crippen LogP contribution in [0.2, 0.25) is 5.02 Å². The topological polar surface area (TPSA) is 52.6 Å². The number of carbonyl (C=O) groups is 2. The quantitative estimate of drug-likeness (QED) is 0.363. The SMILES string of the molecule is COc1ccc2c(c1)CC/C(=C\c1ccc(OCC(=O)c3ccc(Cl)cc3)cc1)C2=O. The number of hydrogen-bond acceptors (Lipinski definition) is 4. The number of methoxy groups -OCH3 is 1. The van der Waals surface area contributed by atoms with E-state index in [2.05, 4.69) is 0 Å². The van der Waals surface area contributed by atoms with Gasteiger partial charge in [0.15, 0.2) is 18.2 Å². The van der Waals surface area contributed by atoms with E-state index < -0.39 is 0 Å². The summed E-state index contributed by atoms with van der Waals surface area (Å²) in [6, 6.07) is 19.7. The molecule has 0 radical (unpaired) electrons. The van der Waals surface area contributed by atoms with Crippen molar-refractivity contribution in [3.05, 3.63) is 99.6 Å². The number of ketones is 2. The predicted octanol–water partition coefficient (Wildman–Crippen LogP) is 5.82. The smallest absolute Gasteiger partial charge is 0.200 e. The van der Waals surface area contributed by atoms with Gasteiger partial charge < -0.3 is 9.47 Å². The molecular formula is C26H21ClO4. The van der Waals surface area contributed by atoms with E-state index >= 15 is 0 Å². The largest absolute Gasteiger partial charge is 0.497 e. The van der Waals surface area contributed by atoms with E-state index in [1.807, 2.05) is 36.4 Å². The Bertz CT molecular complexity index is 1150. The van der Waals surface area contributed by atoms with Crippen molar-refractivity contribution in [2.45, 2.75) is 12.8 Å². The average Bonchev–Trinajstić information content (AvgIpc) is 2.80. The molecule has 156 valence electrons. The predicted molar refractivity (Wildman–Crippen MR) is 121 cm³/mol. The zero-order valence-electron chi connectivity index (χ0n) is 17.1. The number of halogens is 1. The lowest BCUT2D eigenvalue weighted by Gasteiger charge is -2.18. The summed E-state index contributed by atoms with van der Waals surface area (Å²) in [5.41, 5.74) is 4.01. The Morgan fingerprint density at radius 3 is 2.39 bits per heavy atom. The number of fused-ring (bicyclic) bond motifs is 1. The summed E-state index contributed by atoms with van der Waals surface area (Å²) >= 11 is 5.85. The van der Waals surface area contributed by atoms with Gasteiger partial charge >= 0.3 is 0 Å². The Morgan fingerprint density at radius 1 is 0.968 bits per heavy atom. The van der Waals surface area contributed by atoms with Crippen LogP contribution >= 0.6 is 11.6 Å². The number of rotatable bonds is 6. The highest BCUT2D eigenvalue weighted by atomic mass is 35.5. The van der Waals surface area contributed by atoms with Crippen LogP contribution in [-0.4, -0.2) is 25.3 Å². The van der Waals surface area contributed by atoms with Crippen LogP contribution in [0.4, 0.5) is 0 Å². The number of benzene rings is 3. The summed E-state index contributed by atoms with van der Waals surface area (Å²) in [4.78, 5) is 25.1. The molecule has 1 aliphatic rings. The molecule has 0 unspecified atom stereocenters. The van der Waals surface area contributed by atoms with Crippen molar-refractivity contribution in [3.8, 4) is 11.5 Å². The van der Waals surface area contributed by atoms with Gasteiger partial charge in [-0.1, -0.05) is 23.7 Å². The number of allylic oxidation sites excluding steroid dienone is 1. The molecule has 0 aliphatic heterocycles. The van der Waals surface area contributed by atoms with E-state index in [1.54, 1.807) is 43.5 Å². The van der Waals surface area contributed by atoms with Crippen LogP contribution < -0.4 is 9.47 Å². The zero-order valence-corrected chi connectivity index (χ0v) is 17.8. The Kier molecular flexibility index (Phi) is 6.19. The van der Waals surface area contributed by atoms with E-state index in [-0.39, 0.29) is 18.2 Å². The van der Waals surface area contributed by atoms with Crippen LogP contribution in [0.1, 0.15) is 38.3 Å². The maximum absolute atomic E-state index is 12.8. The van der Waals surface area contributed by atoms with Crippen LogP contribution in [0, 0.1) is 0 Å². The summed E-state index contributed by atoms with van der Waals surface area (Å²) in [5, 5.41) is 0.585. The van der Waals surface area contributed by atoms with E-state index in [0.717, 1.165) is 34.4 Å². The molecule has 1 aliphatic carbocycles. The van der Waals surface area contributed by atoms with Crippen LogP contribution in [0.5, 0.6) is 11.5 Å². The van der Waals surface area contributed by atoms with Gasteiger partial charge in [0.25, 0.3) is 0 Å². The maximum atomic E-state index is 12.8. The zero-order chi connectivity index (χ0) is 21.8. The highest BCUT2D eigenvalue weighted by molar-refractivity contribution is 6.30. The van der Waals surface area contributed by atoms with Gasteiger partial charge in [0.1, 0.15) is 11.5 Å². The molecule has 0 saturated heterocycles. The second-order valence-corrected chi connectivity index (χ2v) is 7.75. The maximum Gasteiger partial charge on any atom is 0.200 e. The molecule has 0 spiro atoms. The molecule has 0 saturated carbocycles. The third-order valence-corrected chi connectivity index (χ3v) is 5.52. The normalized spacial score (nSPS) is 14.3. The minimum absolute atomic E-state index is 0.0535. The lowest BCUT2D eigenvalue weighted by molar-refractivity contribution is 0.0921. The van der Waals surface area contributed by atoms with Gasteiger partial charge in [-0.05, 0) is 84.6 Å². The van der Waals surface area contributed by atoms with Gasteiger partial charge in [-0.2, -0.15) is 0 Å². The fourth-order valence-corrected chi connectivity index (χ4v) is 3.67. The second-order valence-electron chi connectivity index (χ2n) is 7.31. The van der Waals surface area contributed by atoms with E-state index in [4.69, 9.17) is 21.1 Å². The first-order valence-electron chi connectivity index (χ1n) is 9.97. The number of aryl methyl sites for hydroxylation is 1.